The molecule has 4 nitrogen and oxygen atoms in total. The average Bonchev–Trinajstić information content (AvgIpc) is 2.47. The van der Waals surface area contributed by atoms with Crippen LogP contribution in [0.25, 0.3) is 0 Å². The van der Waals surface area contributed by atoms with Crippen LogP contribution in [0.4, 0.5) is 0 Å². The molecule has 0 radical (unpaired) electrons. The van der Waals surface area contributed by atoms with E-state index >= 15 is 0 Å². The molecule has 2 rings (SSSR count). The maximum absolute atomic E-state index is 12.7. The van der Waals surface area contributed by atoms with Crippen LogP contribution in [0.15, 0.2) is 0 Å². The molecule has 1 N–H and O–H groups in total. The number of hydrogen-bond acceptors (Lipinski definition) is 3. The summed E-state index contributed by atoms with van der Waals surface area (Å²) in [6.45, 7) is 2.54. The molecule has 20 heavy (non-hydrogen) atoms. The minimum atomic E-state index is -0.316. The van der Waals surface area contributed by atoms with Crippen LogP contribution in [-0.4, -0.2) is 47.4 Å². The van der Waals surface area contributed by atoms with E-state index in [9.17, 15) is 9.59 Å². The Labute approximate surface area is 126 Å². The quantitative estimate of drug-likeness (QED) is 0.790. The van der Waals surface area contributed by atoms with E-state index in [1.54, 1.807) is 16.7 Å². The summed E-state index contributed by atoms with van der Waals surface area (Å²) in [6, 6.07) is -0.586. The molecule has 0 aromatic rings. The first kappa shape index (κ1) is 15.7. The lowest BCUT2D eigenvalue weighted by atomic mass is 9.82. The number of carbonyl (C=O) groups is 2. The van der Waals surface area contributed by atoms with Crippen molar-refractivity contribution in [2.24, 2.45) is 5.92 Å². The predicted octanol–water partition coefficient (Wildman–Crippen LogP) is 2.04. The summed E-state index contributed by atoms with van der Waals surface area (Å²) in [6.07, 6.45) is 8.81. The Morgan fingerprint density at radius 3 is 2.60 bits per heavy atom. The fourth-order valence-electron chi connectivity index (χ4n) is 3.32. The minimum Gasteiger partial charge on any atom is -0.342 e. The second-order valence-corrected chi connectivity index (χ2v) is 6.92. The van der Waals surface area contributed by atoms with Crippen LogP contribution >= 0.6 is 11.8 Å². The van der Waals surface area contributed by atoms with Crippen LogP contribution in [0.1, 0.15) is 45.4 Å². The first-order valence-electron chi connectivity index (χ1n) is 7.75. The minimum absolute atomic E-state index is 0.0179. The maximum Gasteiger partial charge on any atom is 0.246 e. The Morgan fingerprint density at radius 1 is 1.25 bits per heavy atom. The molecular weight excluding hydrogens is 272 g/mol. The van der Waals surface area contributed by atoms with Crippen molar-refractivity contribution in [2.75, 3.05) is 18.6 Å². The lowest BCUT2D eigenvalue weighted by Gasteiger charge is -2.41. The highest BCUT2D eigenvalue weighted by molar-refractivity contribution is 7.98. The number of nitrogens with zero attached hydrogens (tertiary/aromatic N) is 1. The first-order valence-corrected chi connectivity index (χ1v) is 9.14. The van der Waals surface area contributed by atoms with Gasteiger partial charge in [-0.3, -0.25) is 9.59 Å². The van der Waals surface area contributed by atoms with Gasteiger partial charge in [0, 0.05) is 6.54 Å². The van der Waals surface area contributed by atoms with Gasteiger partial charge in [-0.25, -0.2) is 0 Å². The average molecular weight is 298 g/mol. The molecule has 2 unspecified atom stereocenters. The van der Waals surface area contributed by atoms with Crippen molar-refractivity contribution >= 4 is 23.6 Å². The van der Waals surface area contributed by atoms with Crippen LogP contribution in [0.5, 0.6) is 0 Å². The largest absolute Gasteiger partial charge is 0.342 e. The van der Waals surface area contributed by atoms with E-state index in [0.29, 0.717) is 12.5 Å². The van der Waals surface area contributed by atoms with E-state index in [4.69, 9.17) is 0 Å². The second-order valence-electron chi connectivity index (χ2n) is 5.94. The summed E-state index contributed by atoms with van der Waals surface area (Å²) in [7, 11) is 0. The number of piperazine rings is 1. The van der Waals surface area contributed by atoms with E-state index in [1.165, 1.54) is 19.3 Å². The molecule has 0 aromatic heterocycles. The fourth-order valence-corrected chi connectivity index (χ4v) is 3.73. The smallest absolute Gasteiger partial charge is 0.246 e. The molecule has 0 spiro atoms. The number of carbonyl (C=O) groups excluding carboxylic acids is 2. The van der Waals surface area contributed by atoms with E-state index in [-0.39, 0.29) is 23.9 Å². The molecule has 2 fully saturated rings. The molecule has 0 bridgehead atoms. The van der Waals surface area contributed by atoms with Gasteiger partial charge in [-0.05, 0) is 44.1 Å². The predicted molar refractivity (Wildman–Crippen MR) is 82.7 cm³/mol. The molecule has 0 aromatic carbocycles. The van der Waals surface area contributed by atoms with Crippen LogP contribution in [0.3, 0.4) is 0 Å². The molecule has 1 saturated heterocycles. The van der Waals surface area contributed by atoms with Crippen LogP contribution in [0, 0.1) is 5.92 Å². The van der Waals surface area contributed by atoms with Crippen molar-refractivity contribution in [3.05, 3.63) is 0 Å². The lowest BCUT2D eigenvalue weighted by Crippen LogP contribution is -2.64. The zero-order valence-electron chi connectivity index (χ0n) is 12.6. The van der Waals surface area contributed by atoms with Gasteiger partial charge < -0.3 is 10.2 Å². The molecule has 5 heteroatoms. The van der Waals surface area contributed by atoms with Crippen molar-refractivity contribution in [3.8, 4) is 0 Å². The van der Waals surface area contributed by atoms with E-state index in [2.05, 4.69) is 11.6 Å². The van der Waals surface area contributed by atoms with Gasteiger partial charge in [-0.1, -0.05) is 19.3 Å². The molecule has 2 aliphatic rings. The van der Waals surface area contributed by atoms with Crippen LogP contribution in [0.2, 0.25) is 0 Å². The van der Waals surface area contributed by atoms with E-state index in [0.717, 1.165) is 25.0 Å². The van der Waals surface area contributed by atoms with Crippen molar-refractivity contribution in [2.45, 2.75) is 57.5 Å². The van der Waals surface area contributed by atoms with E-state index < -0.39 is 0 Å². The van der Waals surface area contributed by atoms with Gasteiger partial charge in [0.1, 0.15) is 12.1 Å². The molecule has 2 amide bonds. The lowest BCUT2D eigenvalue weighted by molar-refractivity contribution is -0.150. The maximum atomic E-state index is 12.7. The van der Waals surface area contributed by atoms with Crippen LogP contribution < -0.4 is 5.32 Å². The van der Waals surface area contributed by atoms with Crippen molar-refractivity contribution in [1.29, 1.82) is 0 Å². The van der Waals surface area contributed by atoms with Gasteiger partial charge in [0.2, 0.25) is 11.8 Å². The molecule has 1 saturated carbocycles. The Balaban J connectivity index is 2.02. The number of thioether (sulfide) groups is 1. The zero-order valence-corrected chi connectivity index (χ0v) is 13.4. The summed E-state index contributed by atoms with van der Waals surface area (Å²) < 4.78 is 0. The van der Waals surface area contributed by atoms with Crippen molar-refractivity contribution in [3.63, 3.8) is 0 Å². The monoisotopic (exact) mass is 298 g/mol. The number of hydrogen-bond donors (Lipinski definition) is 1. The van der Waals surface area contributed by atoms with Gasteiger partial charge in [0.15, 0.2) is 0 Å². The Morgan fingerprint density at radius 2 is 1.95 bits per heavy atom. The molecule has 114 valence electrons. The molecule has 1 aliphatic heterocycles. The molecule has 1 heterocycles. The number of rotatable bonds is 5. The third-order valence-electron chi connectivity index (χ3n) is 4.56. The van der Waals surface area contributed by atoms with Gasteiger partial charge in [0.25, 0.3) is 0 Å². The second kappa shape index (κ2) is 7.34. The Hall–Kier alpha value is -0.710. The molecular formula is C15H26N2O2S. The SMILES string of the molecule is CSCCCN1C(=O)C(C2CCCCC2)NC(=O)C1C. The van der Waals surface area contributed by atoms with Gasteiger partial charge >= 0.3 is 0 Å². The third kappa shape index (κ3) is 3.48. The Bertz CT molecular complexity index is 356. The van der Waals surface area contributed by atoms with Crippen molar-refractivity contribution in [1.82, 2.24) is 10.2 Å². The van der Waals surface area contributed by atoms with Gasteiger partial charge in [0.05, 0.1) is 0 Å². The van der Waals surface area contributed by atoms with Gasteiger partial charge in [-0.2, -0.15) is 11.8 Å². The highest BCUT2D eigenvalue weighted by atomic mass is 32.2. The first-order chi connectivity index (χ1) is 9.65. The topological polar surface area (TPSA) is 49.4 Å². The van der Waals surface area contributed by atoms with E-state index in [1.807, 2.05) is 6.92 Å². The number of nitrogens with one attached hydrogen (secondary N) is 1. The summed E-state index contributed by atoms with van der Waals surface area (Å²) in [5.41, 5.74) is 0. The summed E-state index contributed by atoms with van der Waals surface area (Å²) in [5, 5.41) is 2.97. The highest BCUT2D eigenvalue weighted by Gasteiger charge is 2.41. The zero-order chi connectivity index (χ0) is 14.5. The van der Waals surface area contributed by atoms with Gasteiger partial charge in [-0.15, -0.1) is 0 Å². The Kier molecular flexibility index (Phi) is 5.75. The fraction of sp³-hybridized carbons (Fsp3) is 0.867. The molecule has 2 atom stereocenters. The molecule has 1 aliphatic carbocycles. The normalized spacial score (nSPS) is 28.6. The summed E-state index contributed by atoms with van der Waals surface area (Å²) >= 11 is 1.78. The third-order valence-corrected chi connectivity index (χ3v) is 5.26. The van der Waals surface area contributed by atoms with Crippen molar-refractivity contribution < 1.29 is 9.59 Å². The highest BCUT2D eigenvalue weighted by Crippen LogP contribution is 2.29. The standard InChI is InChI=1S/C15H26N2O2S/c1-11-14(18)16-13(12-7-4-3-5-8-12)15(19)17(11)9-6-10-20-2/h11-13H,3-10H2,1-2H3,(H,16,18). The summed E-state index contributed by atoms with van der Waals surface area (Å²) in [5.74, 6) is 1.54. The van der Waals surface area contributed by atoms with Crippen LogP contribution in [-0.2, 0) is 9.59 Å². The number of amides is 2. The summed E-state index contributed by atoms with van der Waals surface area (Å²) in [4.78, 5) is 26.6.